The van der Waals surface area contributed by atoms with Crippen LogP contribution in [0.2, 0.25) is 0 Å². The van der Waals surface area contributed by atoms with E-state index in [1.54, 1.807) is 24.3 Å². The van der Waals surface area contributed by atoms with Gasteiger partial charge < -0.3 is 0 Å². The SMILES string of the molecule is CC1(C)CC(=O)N(Cc2ccc(C3=NC(C(F)(F)F)ON3)cc2)C(=O)C1. The molecule has 0 aliphatic carbocycles. The topological polar surface area (TPSA) is 71.0 Å². The molecule has 0 saturated carbocycles. The van der Waals surface area contributed by atoms with E-state index in [0.717, 1.165) is 0 Å². The summed E-state index contributed by atoms with van der Waals surface area (Å²) in [4.78, 5) is 33.4. The maximum atomic E-state index is 12.6. The number of imide groups is 1. The van der Waals surface area contributed by atoms with Gasteiger partial charge in [0.1, 0.15) is 0 Å². The molecular weight excluding hydrogens is 351 g/mol. The van der Waals surface area contributed by atoms with Gasteiger partial charge in [0.05, 0.1) is 6.54 Å². The molecule has 0 spiro atoms. The minimum atomic E-state index is -4.59. The molecule has 2 amide bonds. The van der Waals surface area contributed by atoms with Crippen LogP contribution in [0.4, 0.5) is 13.2 Å². The molecule has 1 fully saturated rings. The lowest BCUT2D eigenvalue weighted by atomic mass is 9.81. The van der Waals surface area contributed by atoms with Crippen molar-refractivity contribution >= 4 is 17.6 Å². The average molecular weight is 369 g/mol. The number of nitrogens with zero attached hydrogens (tertiary/aromatic N) is 2. The quantitative estimate of drug-likeness (QED) is 0.832. The highest BCUT2D eigenvalue weighted by Gasteiger charge is 2.44. The summed E-state index contributed by atoms with van der Waals surface area (Å²) in [6.45, 7) is 3.89. The van der Waals surface area contributed by atoms with Crippen LogP contribution in [0.1, 0.15) is 37.8 Å². The van der Waals surface area contributed by atoms with Crippen molar-refractivity contribution in [3.8, 4) is 0 Å². The molecule has 2 heterocycles. The van der Waals surface area contributed by atoms with Crippen LogP contribution in [-0.4, -0.2) is 35.0 Å². The summed E-state index contributed by atoms with van der Waals surface area (Å²) in [7, 11) is 0. The van der Waals surface area contributed by atoms with Crippen LogP contribution in [0.25, 0.3) is 0 Å². The number of amides is 2. The number of likely N-dealkylation sites (tertiary alicyclic amines) is 1. The molecule has 0 bridgehead atoms. The van der Waals surface area contributed by atoms with Crippen molar-refractivity contribution < 1.29 is 27.6 Å². The molecule has 1 atom stereocenters. The largest absolute Gasteiger partial charge is 0.437 e. The van der Waals surface area contributed by atoms with Gasteiger partial charge in [0.2, 0.25) is 11.8 Å². The minimum absolute atomic E-state index is 0.0225. The Morgan fingerprint density at radius 3 is 2.27 bits per heavy atom. The summed E-state index contributed by atoms with van der Waals surface area (Å²) in [6.07, 6.45) is -6.22. The lowest BCUT2D eigenvalue weighted by Gasteiger charge is -2.34. The molecule has 1 unspecified atom stereocenters. The van der Waals surface area contributed by atoms with Crippen molar-refractivity contribution in [1.82, 2.24) is 10.4 Å². The number of nitrogens with one attached hydrogen (secondary N) is 1. The van der Waals surface area contributed by atoms with Gasteiger partial charge in [-0.05, 0) is 11.0 Å². The number of carbonyl (C=O) groups is 2. The molecule has 2 aliphatic rings. The highest BCUT2D eigenvalue weighted by Crippen LogP contribution is 2.32. The van der Waals surface area contributed by atoms with Crippen molar-refractivity contribution in [2.45, 2.75) is 45.6 Å². The number of hydroxylamine groups is 1. The third-order valence-electron chi connectivity index (χ3n) is 4.22. The van der Waals surface area contributed by atoms with Crippen LogP contribution in [0.5, 0.6) is 0 Å². The van der Waals surface area contributed by atoms with Gasteiger partial charge in [-0.1, -0.05) is 38.1 Å². The summed E-state index contributed by atoms with van der Waals surface area (Å²) in [5.41, 5.74) is 2.94. The second-order valence-corrected chi connectivity index (χ2v) is 7.18. The van der Waals surface area contributed by atoms with Gasteiger partial charge in [-0.15, -0.1) is 0 Å². The second-order valence-electron chi connectivity index (χ2n) is 7.18. The number of hydrogen-bond donors (Lipinski definition) is 1. The molecule has 26 heavy (non-hydrogen) atoms. The Labute approximate surface area is 148 Å². The van der Waals surface area contributed by atoms with E-state index >= 15 is 0 Å². The smallest absolute Gasteiger partial charge is 0.278 e. The molecule has 140 valence electrons. The van der Waals surface area contributed by atoms with Gasteiger partial charge in [0.25, 0.3) is 6.23 Å². The zero-order valence-electron chi connectivity index (χ0n) is 14.3. The number of piperidine rings is 1. The van der Waals surface area contributed by atoms with Gasteiger partial charge in [0, 0.05) is 18.4 Å². The molecular formula is C17H18F3N3O3. The number of rotatable bonds is 3. The van der Waals surface area contributed by atoms with E-state index in [1.807, 2.05) is 13.8 Å². The first kappa shape index (κ1) is 18.4. The third-order valence-corrected chi connectivity index (χ3v) is 4.22. The van der Waals surface area contributed by atoms with E-state index in [4.69, 9.17) is 0 Å². The van der Waals surface area contributed by atoms with E-state index < -0.39 is 12.4 Å². The van der Waals surface area contributed by atoms with E-state index in [1.165, 1.54) is 4.90 Å². The van der Waals surface area contributed by atoms with Crippen molar-refractivity contribution in [3.63, 3.8) is 0 Å². The highest BCUT2D eigenvalue weighted by molar-refractivity contribution is 5.99. The number of amidine groups is 1. The van der Waals surface area contributed by atoms with Crippen LogP contribution in [0.15, 0.2) is 29.3 Å². The zero-order valence-corrected chi connectivity index (χ0v) is 14.3. The standard InChI is InChI=1S/C17H18F3N3O3/c1-16(2)7-12(24)23(13(25)8-16)9-10-3-5-11(6-4-10)14-21-15(26-22-14)17(18,19)20/h3-6,15H,7-9H2,1-2H3,(H,21,22). The first-order valence-electron chi connectivity index (χ1n) is 8.04. The van der Waals surface area contributed by atoms with Crippen LogP contribution in [0, 0.1) is 5.41 Å². The number of alkyl halides is 3. The van der Waals surface area contributed by atoms with E-state index in [2.05, 4.69) is 15.3 Å². The Kier molecular flexibility index (Phi) is 4.51. The molecule has 0 radical (unpaired) electrons. The molecule has 1 aromatic carbocycles. The van der Waals surface area contributed by atoms with Crippen molar-refractivity contribution in [2.75, 3.05) is 0 Å². The number of carbonyl (C=O) groups excluding carboxylic acids is 2. The fourth-order valence-electron chi connectivity index (χ4n) is 2.89. The Hall–Kier alpha value is -2.42. The number of hydrogen-bond acceptors (Lipinski definition) is 5. The maximum absolute atomic E-state index is 12.6. The first-order chi connectivity index (χ1) is 12.0. The Balaban J connectivity index is 1.69. The van der Waals surface area contributed by atoms with Gasteiger partial charge in [-0.25, -0.2) is 15.3 Å². The highest BCUT2D eigenvalue weighted by atomic mass is 19.4. The molecule has 0 aromatic heterocycles. The monoisotopic (exact) mass is 369 g/mol. The van der Waals surface area contributed by atoms with Gasteiger partial charge in [-0.2, -0.15) is 13.2 Å². The predicted octanol–water partition coefficient (Wildman–Crippen LogP) is 2.53. The van der Waals surface area contributed by atoms with Gasteiger partial charge >= 0.3 is 6.18 Å². The second kappa shape index (κ2) is 6.39. The minimum Gasteiger partial charge on any atom is -0.278 e. The van der Waals surface area contributed by atoms with Crippen LogP contribution < -0.4 is 5.48 Å². The van der Waals surface area contributed by atoms with Crippen molar-refractivity contribution in [2.24, 2.45) is 10.4 Å². The van der Waals surface area contributed by atoms with Crippen LogP contribution in [-0.2, 0) is 21.0 Å². The normalized spacial score (nSPS) is 23.0. The molecule has 1 saturated heterocycles. The molecule has 3 rings (SSSR count). The summed E-state index contributed by atoms with van der Waals surface area (Å²) in [5, 5.41) is 0. The molecule has 1 aromatic rings. The Bertz CT molecular complexity index is 737. The van der Waals surface area contributed by atoms with E-state index in [-0.39, 0.29) is 29.6 Å². The average Bonchev–Trinajstić information content (AvgIpc) is 3.01. The fraction of sp³-hybridized carbons (Fsp3) is 0.471. The maximum Gasteiger partial charge on any atom is 0.437 e. The third kappa shape index (κ3) is 3.87. The lowest BCUT2D eigenvalue weighted by Crippen LogP contribution is -2.45. The lowest BCUT2D eigenvalue weighted by molar-refractivity contribution is -0.220. The van der Waals surface area contributed by atoms with Crippen LogP contribution in [0.3, 0.4) is 0 Å². The number of halogens is 3. The molecule has 9 heteroatoms. The first-order valence-corrected chi connectivity index (χ1v) is 8.04. The molecule has 1 N–H and O–H groups in total. The van der Waals surface area contributed by atoms with Crippen molar-refractivity contribution in [3.05, 3.63) is 35.4 Å². The molecule has 6 nitrogen and oxygen atoms in total. The molecule has 2 aliphatic heterocycles. The summed E-state index contributed by atoms with van der Waals surface area (Å²) < 4.78 is 37.7. The Morgan fingerprint density at radius 2 is 1.77 bits per heavy atom. The summed E-state index contributed by atoms with van der Waals surface area (Å²) in [5.74, 6) is -0.470. The number of aliphatic imine (C=N–C) groups is 1. The Morgan fingerprint density at radius 1 is 1.19 bits per heavy atom. The fourth-order valence-corrected chi connectivity index (χ4v) is 2.89. The zero-order chi connectivity index (χ0) is 19.1. The van der Waals surface area contributed by atoms with Gasteiger partial charge in [-0.3, -0.25) is 14.5 Å². The van der Waals surface area contributed by atoms with Gasteiger partial charge in [0.15, 0.2) is 5.84 Å². The predicted molar refractivity (Wildman–Crippen MR) is 85.6 cm³/mol. The van der Waals surface area contributed by atoms with E-state index in [9.17, 15) is 22.8 Å². The summed E-state index contributed by atoms with van der Waals surface area (Å²) >= 11 is 0. The van der Waals surface area contributed by atoms with E-state index in [0.29, 0.717) is 24.0 Å². The van der Waals surface area contributed by atoms with Crippen LogP contribution >= 0.6 is 0 Å². The number of benzene rings is 1. The summed E-state index contributed by atoms with van der Waals surface area (Å²) in [6, 6.07) is 6.40. The van der Waals surface area contributed by atoms with Crippen molar-refractivity contribution in [1.29, 1.82) is 0 Å².